The van der Waals surface area contributed by atoms with Gasteiger partial charge in [0, 0.05) is 0 Å². The molecule has 2 atom stereocenters. The average molecular weight is 256 g/mol. The van der Waals surface area contributed by atoms with E-state index in [1.54, 1.807) is 11.8 Å². The second-order valence-corrected chi connectivity index (χ2v) is 5.18. The summed E-state index contributed by atoms with van der Waals surface area (Å²) in [6.45, 7) is 0. The number of hydrogen-bond acceptors (Lipinski definition) is 5. The van der Waals surface area contributed by atoms with Gasteiger partial charge in [-0.25, -0.2) is 0 Å². The highest BCUT2D eigenvalue weighted by atomic mass is 32.2. The summed E-state index contributed by atoms with van der Waals surface area (Å²) >= 11 is 1.62. The van der Waals surface area contributed by atoms with E-state index in [2.05, 4.69) is 10.1 Å². The summed E-state index contributed by atoms with van der Waals surface area (Å²) in [7, 11) is 0. The van der Waals surface area contributed by atoms with Crippen molar-refractivity contribution in [2.24, 2.45) is 5.92 Å². The lowest BCUT2D eigenvalue weighted by atomic mass is 9.79. The lowest BCUT2D eigenvalue weighted by molar-refractivity contribution is -0.143. The molecule has 1 N–H and O–H groups in total. The molecule has 17 heavy (non-hydrogen) atoms. The predicted octanol–water partition coefficient (Wildman–Crippen LogP) is 2.29. The topological polar surface area (TPSA) is 76.2 Å². The van der Waals surface area contributed by atoms with Crippen LogP contribution in [0.2, 0.25) is 0 Å². The minimum Gasteiger partial charge on any atom is -0.481 e. The minimum atomic E-state index is -0.751. The van der Waals surface area contributed by atoms with Gasteiger partial charge in [0.25, 0.3) is 0 Å². The summed E-state index contributed by atoms with van der Waals surface area (Å²) in [4.78, 5) is 15.5. The van der Waals surface area contributed by atoms with Crippen molar-refractivity contribution in [3.63, 3.8) is 0 Å². The lowest BCUT2D eigenvalue weighted by Crippen LogP contribution is -2.25. The maximum Gasteiger partial charge on any atom is 0.307 e. The Labute approximate surface area is 104 Å². The largest absolute Gasteiger partial charge is 0.481 e. The number of carboxylic acids is 1. The molecule has 1 heterocycles. The van der Waals surface area contributed by atoms with Crippen LogP contribution < -0.4 is 0 Å². The number of hydrogen-bond donors (Lipinski definition) is 1. The summed E-state index contributed by atoms with van der Waals surface area (Å²) < 4.78 is 5.20. The van der Waals surface area contributed by atoms with Crippen LogP contribution in [0.5, 0.6) is 0 Å². The molecule has 1 saturated carbocycles. The molecule has 0 saturated heterocycles. The molecule has 5 nitrogen and oxygen atoms in total. The Morgan fingerprint density at radius 1 is 1.53 bits per heavy atom. The first-order valence-corrected chi connectivity index (χ1v) is 7.16. The van der Waals surface area contributed by atoms with Gasteiger partial charge < -0.3 is 9.63 Å². The smallest absolute Gasteiger partial charge is 0.307 e. The molecule has 0 spiro atoms. The maximum absolute atomic E-state index is 11.2. The van der Waals surface area contributed by atoms with Crippen molar-refractivity contribution in [1.82, 2.24) is 10.1 Å². The fourth-order valence-corrected chi connectivity index (χ4v) is 2.70. The van der Waals surface area contributed by atoms with Crippen LogP contribution in [0.4, 0.5) is 0 Å². The van der Waals surface area contributed by atoms with E-state index in [0.717, 1.165) is 19.3 Å². The van der Waals surface area contributed by atoms with E-state index in [4.69, 9.17) is 4.52 Å². The summed E-state index contributed by atoms with van der Waals surface area (Å²) in [5.41, 5.74) is 0. The summed E-state index contributed by atoms with van der Waals surface area (Å²) in [6.07, 6.45) is 5.52. The number of aliphatic carboxylic acids is 1. The van der Waals surface area contributed by atoms with E-state index in [0.29, 0.717) is 23.9 Å². The molecule has 1 fully saturated rings. The predicted molar refractivity (Wildman–Crippen MR) is 63.9 cm³/mol. The van der Waals surface area contributed by atoms with E-state index >= 15 is 0 Å². The van der Waals surface area contributed by atoms with Crippen LogP contribution in [0.1, 0.15) is 43.3 Å². The number of rotatable bonds is 4. The van der Waals surface area contributed by atoms with Crippen molar-refractivity contribution in [2.45, 2.75) is 37.4 Å². The normalized spacial score (nSPS) is 24.8. The highest BCUT2D eigenvalue weighted by Gasteiger charge is 2.35. The van der Waals surface area contributed by atoms with Gasteiger partial charge in [0.2, 0.25) is 5.89 Å². The molecular weight excluding hydrogens is 240 g/mol. The molecule has 2 rings (SSSR count). The van der Waals surface area contributed by atoms with E-state index in [1.165, 1.54) is 0 Å². The van der Waals surface area contributed by atoms with Crippen LogP contribution in [0, 0.1) is 5.92 Å². The van der Waals surface area contributed by atoms with Gasteiger partial charge in [-0.05, 0) is 19.1 Å². The molecule has 1 aliphatic rings. The minimum absolute atomic E-state index is 0.107. The van der Waals surface area contributed by atoms with Crippen LogP contribution in [-0.4, -0.2) is 27.5 Å². The first kappa shape index (κ1) is 12.4. The number of carbonyl (C=O) groups is 1. The van der Waals surface area contributed by atoms with Crippen LogP contribution in [0.3, 0.4) is 0 Å². The number of nitrogens with zero attached hydrogens (tertiary/aromatic N) is 2. The Hall–Kier alpha value is -1.04. The van der Waals surface area contributed by atoms with Gasteiger partial charge in [0.15, 0.2) is 5.82 Å². The molecule has 0 bridgehead atoms. The second kappa shape index (κ2) is 5.53. The zero-order valence-corrected chi connectivity index (χ0v) is 10.6. The number of aromatic nitrogens is 2. The third-order valence-electron chi connectivity index (χ3n) is 3.16. The van der Waals surface area contributed by atoms with Gasteiger partial charge in [-0.15, -0.1) is 0 Å². The van der Waals surface area contributed by atoms with Crippen molar-refractivity contribution in [1.29, 1.82) is 0 Å². The Morgan fingerprint density at radius 2 is 2.29 bits per heavy atom. The maximum atomic E-state index is 11.2. The first-order valence-electron chi connectivity index (χ1n) is 5.76. The Morgan fingerprint density at radius 3 is 3.00 bits per heavy atom. The third kappa shape index (κ3) is 2.80. The van der Waals surface area contributed by atoms with Crippen molar-refractivity contribution in [3.05, 3.63) is 11.7 Å². The zero-order chi connectivity index (χ0) is 12.3. The van der Waals surface area contributed by atoms with E-state index in [-0.39, 0.29) is 11.8 Å². The van der Waals surface area contributed by atoms with Crippen LogP contribution in [-0.2, 0) is 10.5 Å². The van der Waals surface area contributed by atoms with E-state index in [9.17, 15) is 9.90 Å². The van der Waals surface area contributed by atoms with Crippen molar-refractivity contribution in [2.75, 3.05) is 6.26 Å². The quantitative estimate of drug-likeness (QED) is 0.890. The highest BCUT2D eigenvalue weighted by Crippen LogP contribution is 2.37. The molecule has 1 aromatic heterocycles. The molecule has 94 valence electrons. The van der Waals surface area contributed by atoms with Crippen LogP contribution in [0.15, 0.2) is 4.52 Å². The lowest BCUT2D eigenvalue weighted by Gasteiger charge is -2.25. The van der Waals surface area contributed by atoms with Gasteiger partial charge >= 0.3 is 5.97 Å². The summed E-state index contributed by atoms with van der Waals surface area (Å²) in [5.74, 6) is 0.631. The SMILES string of the molecule is CSCc1noc(C2CCCCC2C(=O)O)n1. The average Bonchev–Trinajstić information content (AvgIpc) is 2.78. The van der Waals surface area contributed by atoms with Gasteiger partial charge in [0.05, 0.1) is 17.6 Å². The van der Waals surface area contributed by atoms with Crippen molar-refractivity contribution < 1.29 is 14.4 Å². The van der Waals surface area contributed by atoms with Crippen LogP contribution >= 0.6 is 11.8 Å². The van der Waals surface area contributed by atoms with Crippen molar-refractivity contribution >= 4 is 17.7 Å². The highest BCUT2D eigenvalue weighted by molar-refractivity contribution is 7.97. The molecule has 1 aromatic rings. The molecule has 0 aromatic carbocycles. The summed E-state index contributed by atoms with van der Waals surface area (Å²) in [6, 6.07) is 0. The molecule has 6 heteroatoms. The van der Waals surface area contributed by atoms with E-state index in [1.807, 2.05) is 6.26 Å². The standard InChI is InChI=1S/C11H16N2O3S/c1-17-6-9-12-10(16-13-9)7-4-2-3-5-8(7)11(14)15/h7-8H,2-6H2,1H3,(H,14,15). The molecular formula is C11H16N2O3S. The molecule has 2 unspecified atom stereocenters. The summed E-state index contributed by atoms with van der Waals surface area (Å²) in [5, 5.41) is 13.1. The molecule has 0 aliphatic heterocycles. The molecule has 0 amide bonds. The monoisotopic (exact) mass is 256 g/mol. The van der Waals surface area contributed by atoms with Gasteiger partial charge in [-0.2, -0.15) is 16.7 Å². The Kier molecular flexibility index (Phi) is 4.04. The number of thioether (sulfide) groups is 1. The fraction of sp³-hybridized carbons (Fsp3) is 0.727. The molecule has 0 radical (unpaired) electrons. The van der Waals surface area contributed by atoms with E-state index < -0.39 is 5.97 Å². The van der Waals surface area contributed by atoms with Gasteiger partial charge in [-0.1, -0.05) is 18.0 Å². The van der Waals surface area contributed by atoms with Crippen molar-refractivity contribution in [3.8, 4) is 0 Å². The second-order valence-electron chi connectivity index (χ2n) is 4.32. The molecule has 1 aliphatic carbocycles. The van der Waals surface area contributed by atoms with Gasteiger partial charge in [-0.3, -0.25) is 4.79 Å². The third-order valence-corrected chi connectivity index (χ3v) is 3.70. The Bertz CT molecular complexity index is 394. The van der Waals surface area contributed by atoms with Gasteiger partial charge in [0.1, 0.15) is 0 Å². The first-order chi connectivity index (χ1) is 8.22. The zero-order valence-electron chi connectivity index (χ0n) is 9.76. The van der Waals surface area contributed by atoms with Crippen LogP contribution in [0.25, 0.3) is 0 Å². The Balaban J connectivity index is 2.14. The number of carboxylic acid groups (broad SMARTS) is 1. The fourth-order valence-electron chi connectivity index (χ4n) is 2.33.